The normalized spacial score (nSPS) is 19.6. The van der Waals surface area contributed by atoms with E-state index in [1.54, 1.807) is 11.1 Å². The number of nitrogens with zero attached hydrogens (tertiary/aromatic N) is 4. The lowest BCUT2D eigenvalue weighted by molar-refractivity contribution is -0.133. The predicted octanol–water partition coefficient (Wildman–Crippen LogP) is -0.408. The minimum absolute atomic E-state index is 0.0201. The van der Waals surface area contributed by atoms with Crippen LogP contribution >= 0.6 is 0 Å². The van der Waals surface area contributed by atoms with E-state index < -0.39 is 0 Å². The van der Waals surface area contributed by atoms with E-state index in [4.69, 9.17) is 0 Å². The third kappa shape index (κ3) is 3.60. The third-order valence-corrected chi connectivity index (χ3v) is 3.96. The predicted molar refractivity (Wildman–Crippen MR) is 79.2 cm³/mol. The molecule has 1 aliphatic heterocycles. The Balaban J connectivity index is 1.61. The zero-order chi connectivity index (χ0) is 14.8. The molecule has 0 aromatic carbocycles. The molecule has 2 heterocycles. The van der Waals surface area contributed by atoms with Crippen LogP contribution < -0.4 is 10.9 Å². The van der Waals surface area contributed by atoms with Crippen LogP contribution in [0.5, 0.6) is 0 Å². The molecule has 1 aromatic heterocycles. The second-order valence-electron chi connectivity index (χ2n) is 5.84. The highest BCUT2D eigenvalue weighted by Gasteiger charge is 2.22. The van der Waals surface area contributed by atoms with Crippen molar-refractivity contribution in [1.82, 2.24) is 19.6 Å². The van der Waals surface area contributed by atoms with Crippen LogP contribution in [0.4, 0.5) is 5.69 Å². The molecule has 1 aliphatic carbocycles. The minimum Gasteiger partial charge on any atom is -0.381 e. The van der Waals surface area contributed by atoms with Crippen molar-refractivity contribution in [3.8, 4) is 0 Å². The van der Waals surface area contributed by atoms with Gasteiger partial charge >= 0.3 is 0 Å². The lowest BCUT2D eigenvalue weighted by atomic mass is 10.3. The Morgan fingerprint density at radius 1 is 1.33 bits per heavy atom. The zero-order valence-corrected chi connectivity index (χ0v) is 12.3. The number of rotatable bonds is 4. The Morgan fingerprint density at radius 2 is 2.05 bits per heavy atom. The van der Waals surface area contributed by atoms with E-state index in [0.717, 1.165) is 31.6 Å². The number of anilines is 1. The van der Waals surface area contributed by atoms with Crippen molar-refractivity contribution in [2.75, 3.05) is 38.5 Å². The summed E-state index contributed by atoms with van der Waals surface area (Å²) in [6.07, 6.45) is 3.91. The molecular formula is C14H21N5O2. The summed E-state index contributed by atoms with van der Waals surface area (Å²) in [7, 11) is 2.04. The molecule has 3 rings (SSSR count). The number of amides is 1. The quantitative estimate of drug-likeness (QED) is 0.817. The first-order chi connectivity index (χ1) is 10.1. The monoisotopic (exact) mass is 291 g/mol. The fourth-order valence-corrected chi connectivity index (χ4v) is 2.38. The first kappa shape index (κ1) is 14.1. The molecular weight excluding hydrogens is 270 g/mol. The maximum atomic E-state index is 12.2. The summed E-state index contributed by atoms with van der Waals surface area (Å²) in [5.74, 6) is -0.0411. The number of aromatic nitrogens is 2. The van der Waals surface area contributed by atoms with Crippen molar-refractivity contribution in [2.24, 2.45) is 0 Å². The van der Waals surface area contributed by atoms with Gasteiger partial charge in [0.1, 0.15) is 6.54 Å². The molecule has 1 N–H and O–H groups in total. The van der Waals surface area contributed by atoms with Gasteiger partial charge in [0.25, 0.3) is 5.56 Å². The van der Waals surface area contributed by atoms with E-state index in [9.17, 15) is 9.59 Å². The molecule has 0 unspecified atom stereocenters. The Hall–Kier alpha value is -1.89. The SMILES string of the molecule is CN1CCN(C(=O)Cn2ncc(NC3CC3)cc2=O)CC1. The summed E-state index contributed by atoms with van der Waals surface area (Å²) in [5.41, 5.74) is 0.508. The van der Waals surface area contributed by atoms with Gasteiger partial charge in [0.15, 0.2) is 0 Å². The highest BCUT2D eigenvalue weighted by Crippen LogP contribution is 2.23. The maximum absolute atomic E-state index is 12.2. The second kappa shape index (κ2) is 5.85. The van der Waals surface area contributed by atoms with Crippen LogP contribution in [0, 0.1) is 0 Å². The molecule has 0 spiro atoms. The minimum atomic E-state index is -0.233. The summed E-state index contributed by atoms with van der Waals surface area (Å²) in [4.78, 5) is 28.2. The van der Waals surface area contributed by atoms with Gasteiger partial charge in [0.05, 0.1) is 11.9 Å². The Labute approximate surface area is 123 Å². The van der Waals surface area contributed by atoms with E-state index >= 15 is 0 Å². The molecule has 114 valence electrons. The smallest absolute Gasteiger partial charge is 0.269 e. The Bertz CT molecular complexity index is 573. The molecule has 7 heteroatoms. The van der Waals surface area contributed by atoms with Gasteiger partial charge < -0.3 is 15.1 Å². The van der Waals surface area contributed by atoms with Gasteiger partial charge in [0.2, 0.25) is 5.91 Å². The average molecular weight is 291 g/mol. The van der Waals surface area contributed by atoms with Crippen molar-refractivity contribution in [3.05, 3.63) is 22.6 Å². The average Bonchev–Trinajstić information content (AvgIpc) is 3.26. The second-order valence-corrected chi connectivity index (χ2v) is 5.84. The summed E-state index contributed by atoms with van der Waals surface area (Å²) in [6, 6.07) is 2.00. The molecule has 21 heavy (non-hydrogen) atoms. The number of hydrogen-bond acceptors (Lipinski definition) is 5. The van der Waals surface area contributed by atoms with E-state index in [-0.39, 0.29) is 18.0 Å². The number of carbonyl (C=O) groups is 1. The molecule has 0 radical (unpaired) electrons. The van der Waals surface area contributed by atoms with Crippen LogP contribution in [-0.4, -0.2) is 64.8 Å². The number of piperazine rings is 1. The van der Waals surface area contributed by atoms with E-state index in [1.165, 1.54) is 10.7 Å². The van der Waals surface area contributed by atoms with E-state index in [1.807, 2.05) is 7.05 Å². The lowest BCUT2D eigenvalue weighted by Gasteiger charge is -2.32. The van der Waals surface area contributed by atoms with Gasteiger partial charge in [-0.2, -0.15) is 5.10 Å². The molecule has 1 amide bonds. The molecule has 1 saturated carbocycles. The van der Waals surface area contributed by atoms with Crippen molar-refractivity contribution < 1.29 is 4.79 Å². The summed E-state index contributed by atoms with van der Waals surface area (Å²) >= 11 is 0. The fraction of sp³-hybridized carbons (Fsp3) is 0.643. The molecule has 0 bridgehead atoms. The number of nitrogens with one attached hydrogen (secondary N) is 1. The van der Waals surface area contributed by atoms with Gasteiger partial charge in [-0.25, -0.2) is 4.68 Å². The van der Waals surface area contributed by atoms with Gasteiger partial charge in [-0.1, -0.05) is 0 Å². The summed E-state index contributed by atoms with van der Waals surface area (Å²) in [6.45, 7) is 3.19. The van der Waals surface area contributed by atoms with Crippen LogP contribution in [0.2, 0.25) is 0 Å². The summed E-state index contributed by atoms with van der Waals surface area (Å²) in [5, 5.41) is 7.32. The van der Waals surface area contributed by atoms with E-state index in [2.05, 4.69) is 15.3 Å². The van der Waals surface area contributed by atoms with Crippen LogP contribution in [-0.2, 0) is 11.3 Å². The molecule has 0 atom stereocenters. The molecule has 2 fully saturated rings. The molecule has 1 aromatic rings. The van der Waals surface area contributed by atoms with Crippen LogP contribution in [0.1, 0.15) is 12.8 Å². The van der Waals surface area contributed by atoms with Crippen molar-refractivity contribution in [3.63, 3.8) is 0 Å². The van der Waals surface area contributed by atoms with Gasteiger partial charge in [-0.05, 0) is 19.9 Å². The van der Waals surface area contributed by atoms with Crippen LogP contribution in [0.25, 0.3) is 0 Å². The highest BCUT2D eigenvalue weighted by atomic mass is 16.2. The topological polar surface area (TPSA) is 70.5 Å². The van der Waals surface area contributed by atoms with Crippen molar-refractivity contribution in [2.45, 2.75) is 25.4 Å². The van der Waals surface area contributed by atoms with Gasteiger partial charge in [-0.15, -0.1) is 0 Å². The van der Waals surface area contributed by atoms with Crippen molar-refractivity contribution >= 4 is 11.6 Å². The molecule has 7 nitrogen and oxygen atoms in total. The fourth-order valence-electron chi connectivity index (χ4n) is 2.38. The standard InChI is InChI=1S/C14H21N5O2/c1-17-4-6-18(7-5-17)14(21)10-19-13(20)8-12(9-15-19)16-11-2-3-11/h8-9,11,16H,2-7,10H2,1H3. The highest BCUT2D eigenvalue weighted by molar-refractivity contribution is 5.76. The first-order valence-corrected chi connectivity index (χ1v) is 7.42. The number of likely N-dealkylation sites (N-methyl/N-ethyl adjacent to an activating group) is 1. The van der Waals surface area contributed by atoms with Gasteiger partial charge in [0, 0.05) is 38.3 Å². The summed E-state index contributed by atoms with van der Waals surface area (Å²) < 4.78 is 1.23. The first-order valence-electron chi connectivity index (χ1n) is 7.42. The van der Waals surface area contributed by atoms with E-state index in [0.29, 0.717) is 19.1 Å². The lowest BCUT2D eigenvalue weighted by Crippen LogP contribution is -2.48. The molecule has 2 aliphatic rings. The third-order valence-electron chi connectivity index (χ3n) is 3.96. The largest absolute Gasteiger partial charge is 0.381 e. The Kier molecular flexibility index (Phi) is 3.92. The number of hydrogen-bond donors (Lipinski definition) is 1. The number of carbonyl (C=O) groups excluding carboxylic acids is 1. The zero-order valence-electron chi connectivity index (χ0n) is 12.3. The van der Waals surface area contributed by atoms with Crippen molar-refractivity contribution in [1.29, 1.82) is 0 Å². The van der Waals surface area contributed by atoms with Gasteiger partial charge in [-0.3, -0.25) is 9.59 Å². The van der Waals surface area contributed by atoms with Crippen LogP contribution in [0.3, 0.4) is 0 Å². The Morgan fingerprint density at radius 3 is 2.67 bits per heavy atom. The maximum Gasteiger partial charge on any atom is 0.269 e. The van der Waals surface area contributed by atoms with Crippen LogP contribution in [0.15, 0.2) is 17.1 Å². The molecule has 1 saturated heterocycles.